The normalized spacial score (nSPS) is 15.9. The molecule has 0 saturated carbocycles. The van der Waals surface area contributed by atoms with Crippen molar-refractivity contribution in [2.45, 2.75) is 25.8 Å². The van der Waals surface area contributed by atoms with Crippen LogP contribution in [-0.2, 0) is 7.05 Å². The zero-order valence-electron chi connectivity index (χ0n) is 15.9. The molecule has 1 N–H and O–H groups in total. The van der Waals surface area contributed by atoms with Crippen LogP contribution in [0, 0.1) is 0 Å². The molecule has 0 aliphatic carbocycles. The molecule has 3 heterocycles. The first-order valence-corrected chi connectivity index (χ1v) is 9.53. The van der Waals surface area contributed by atoms with E-state index in [9.17, 15) is 4.79 Å². The number of aromatic nitrogens is 3. The number of rotatable bonds is 5. The Morgan fingerprint density at radius 1 is 1.22 bits per heavy atom. The van der Waals surface area contributed by atoms with Crippen molar-refractivity contribution in [3.05, 3.63) is 48.2 Å². The highest BCUT2D eigenvalue weighted by atomic mass is 16.1. The first-order chi connectivity index (χ1) is 13.1. The molecule has 6 heteroatoms. The summed E-state index contributed by atoms with van der Waals surface area (Å²) in [5.41, 5.74) is 3.12. The molecule has 1 amide bonds. The number of hydrogen-bond acceptors (Lipinski definition) is 4. The summed E-state index contributed by atoms with van der Waals surface area (Å²) in [6, 6.07) is 11.7. The van der Waals surface area contributed by atoms with Crippen molar-refractivity contribution in [1.29, 1.82) is 0 Å². The van der Waals surface area contributed by atoms with Gasteiger partial charge in [0.05, 0.1) is 22.5 Å². The van der Waals surface area contributed by atoms with Crippen molar-refractivity contribution in [3.8, 4) is 11.4 Å². The predicted octanol–water partition coefficient (Wildman–Crippen LogP) is 2.85. The third-order valence-electron chi connectivity index (χ3n) is 5.15. The van der Waals surface area contributed by atoms with Gasteiger partial charge in [-0.25, -0.2) is 4.98 Å². The van der Waals surface area contributed by atoms with Gasteiger partial charge in [0.15, 0.2) is 0 Å². The molecule has 0 radical (unpaired) electrons. The van der Waals surface area contributed by atoms with E-state index in [-0.39, 0.29) is 11.9 Å². The lowest BCUT2D eigenvalue weighted by atomic mass is 10.1. The molecule has 0 spiro atoms. The van der Waals surface area contributed by atoms with Gasteiger partial charge in [-0.2, -0.15) is 5.10 Å². The largest absolute Gasteiger partial charge is 0.348 e. The van der Waals surface area contributed by atoms with E-state index in [1.165, 1.54) is 12.8 Å². The van der Waals surface area contributed by atoms with E-state index in [1.54, 1.807) is 10.9 Å². The van der Waals surface area contributed by atoms with Crippen LogP contribution in [0.1, 0.15) is 30.1 Å². The minimum Gasteiger partial charge on any atom is -0.348 e. The average Bonchev–Trinajstić information content (AvgIpc) is 3.32. The van der Waals surface area contributed by atoms with Crippen LogP contribution in [0.5, 0.6) is 0 Å². The Balaban J connectivity index is 1.65. The lowest BCUT2D eigenvalue weighted by Gasteiger charge is -2.21. The number of carbonyl (C=O) groups is 1. The number of pyridine rings is 1. The molecule has 1 unspecified atom stereocenters. The van der Waals surface area contributed by atoms with Crippen LogP contribution in [0.4, 0.5) is 0 Å². The van der Waals surface area contributed by atoms with Crippen molar-refractivity contribution in [1.82, 2.24) is 25.0 Å². The summed E-state index contributed by atoms with van der Waals surface area (Å²) in [4.78, 5) is 20.2. The quantitative estimate of drug-likeness (QED) is 0.757. The maximum absolute atomic E-state index is 13.1. The van der Waals surface area contributed by atoms with Gasteiger partial charge >= 0.3 is 0 Å². The highest BCUT2D eigenvalue weighted by Gasteiger charge is 2.19. The topological polar surface area (TPSA) is 63.1 Å². The molecule has 3 aromatic rings. The van der Waals surface area contributed by atoms with Crippen LogP contribution < -0.4 is 5.32 Å². The average molecular weight is 363 g/mol. The van der Waals surface area contributed by atoms with Crippen molar-refractivity contribution in [3.63, 3.8) is 0 Å². The monoisotopic (exact) mass is 363 g/mol. The molecule has 1 saturated heterocycles. The van der Waals surface area contributed by atoms with Gasteiger partial charge in [-0.1, -0.05) is 18.2 Å². The smallest absolute Gasteiger partial charge is 0.252 e. The Bertz CT molecular complexity index is 958. The second-order valence-electron chi connectivity index (χ2n) is 7.29. The van der Waals surface area contributed by atoms with E-state index in [2.05, 4.69) is 22.2 Å². The summed E-state index contributed by atoms with van der Waals surface area (Å²) in [6.07, 6.45) is 4.25. The SMILES string of the molecule is CC(CN1CCCC1)NC(=O)c1cc(-c2ccnn2C)nc2ccccc12. The third-order valence-corrected chi connectivity index (χ3v) is 5.15. The zero-order chi connectivity index (χ0) is 18.8. The van der Waals surface area contributed by atoms with Gasteiger partial charge in [-0.05, 0) is 51.1 Å². The summed E-state index contributed by atoms with van der Waals surface area (Å²) in [5, 5.41) is 8.27. The highest BCUT2D eigenvalue weighted by molar-refractivity contribution is 6.07. The predicted molar refractivity (Wildman–Crippen MR) is 107 cm³/mol. The summed E-state index contributed by atoms with van der Waals surface area (Å²) >= 11 is 0. The molecule has 1 aromatic carbocycles. The lowest BCUT2D eigenvalue weighted by Crippen LogP contribution is -2.41. The molecular weight excluding hydrogens is 338 g/mol. The summed E-state index contributed by atoms with van der Waals surface area (Å²) in [7, 11) is 1.88. The molecule has 1 aliphatic heterocycles. The van der Waals surface area contributed by atoms with E-state index >= 15 is 0 Å². The van der Waals surface area contributed by atoms with E-state index in [0.29, 0.717) is 5.56 Å². The number of fused-ring (bicyclic) bond motifs is 1. The number of aryl methyl sites for hydroxylation is 1. The molecular formula is C21H25N5O. The Morgan fingerprint density at radius 3 is 2.74 bits per heavy atom. The lowest BCUT2D eigenvalue weighted by molar-refractivity contribution is 0.0933. The van der Waals surface area contributed by atoms with Gasteiger partial charge in [0.2, 0.25) is 0 Å². The maximum atomic E-state index is 13.1. The minimum absolute atomic E-state index is 0.0521. The fourth-order valence-corrected chi connectivity index (χ4v) is 3.82. The standard InChI is InChI=1S/C21H25N5O/c1-15(14-26-11-5-6-12-26)23-21(27)17-13-19(20-9-10-22-25(20)2)24-18-8-4-3-7-16(17)18/h3-4,7-10,13,15H,5-6,11-12,14H2,1-2H3,(H,23,27). The Labute approximate surface area is 159 Å². The summed E-state index contributed by atoms with van der Waals surface area (Å²) < 4.78 is 1.77. The van der Waals surface area contributed by atoms with Crippen molar-refractivity contribution < 1.29 is 4.79 Å². The number of benzene rings is 1. The van der Waals surface area contributed by atoms with Gasteiger partial charge in [0.1, 0.15) is 0 Å². The van der Waals surface area contributed by atoms with Crippen LogP contribution in [0.2, 0.25) is 0 Å². The number of hydrogen-bond donors (Lipinski definition) is 1. The molecule has 6 nitrogen and oxygen atoms in total. The van der Waals surface area contributed by atoms with Crippen LogP contribution in [0.15, 0.2) is 42.6 Å². The molecule has 4 rings (SSSR count). The van der Waals surface area contributed by atoms with Crippen LogP contribution >= 0.6 is 0 Å². The Hall–Kier alpha value is -2.73. The Morgan fingerprint density at radius 2 is 2.00 bits per heavy atom. The number of carbonyl (C=O) groups excluding carboxylic acids is 1. The van der Waals surface area contributed by atoms with Crippen LogP contribution in [0.25, 0.3) is 22.3 Å². The molecule has 1 aliphatic rings. The van der Waals surface area contributed by atoms with Gasteiger partial charge in [0.25, 0.3) is 5.91 Å². The third kappa shape index (κ3) is 3.71. The summed E-state index contributed by atoms with van der Waals surface area (Å²) in [5.74, 6) is -0.0521. The highest BCUT2D eigenvalue weighted by Crippen LogP contribution is 2.24. The number of para-hydroxylation sites is 1. The van der Waals surface area contributed by atoms with Gasteiger partial charge < -0.3 is 10.2 Å². The van der Waals surface area contributed by atoms with Crippen LogP contribution in [0.3, 0.4) is 0 Å². The zero-order valence-corrected chi connectivity index (χ0v) is 15.9. The number of nitrogens with zero attached hydrogens (tertiary/aromatic N) is 4. The second kappa shape index (κ2) is 7.48. The fourth-order valence-electron chi connectivity index (χ4n) is 3.82. The van der Waals surface area contributed by atoms with Gasteiger partial charge in [0, 0.05) is 31.2 Å². The Kier molecular flexibility index (Phi) is 4.90. The van der Waals surface area contributed by atoms with Gasteiger partial charge in [-0.3, -0.25) is 9.48 Å². The van der Waals surface area contributed by atoms with Crippen LogP contribution in [-0.4, -0.2) is 51.2 Å². The van der Waals surface area contributed by atoms with Crippen molar-refractivity contribution >= 4 is 16.8 Å². The number of nitrogens with one attached hydrogen (secondary N) is 1. The molecule has 27 heavy (non-hydrogen) atoms. The number of amides is 1. The molecule has 140 valence electrons. The summed E-state index contributed by atoms with van der Waals surface area (Å²) in [6.45, 7) is 5.22. The second-order valence-corrected chi connectivity index (χ2v) is 7.29. The molecule has 0 bridgehead atoms. The van der Waals surface area contributed by atoms with E-state index in [4.69, 9.17) is 4.98 Å². The molecule has 1 fully saturated rings. The number of likely N-dealkylation sites (tertiary alicyclic amines) is 1. The maximum Gasteiger partial charge on any atom is 0.252 e. The first kappa shape index (κ1) is 17.7. The first-order valence-electron chi connectivity index (χ1n) is 9.53. The van der Waals surface area contributed by atoms with Gasteiger partial charge in [-0.15, -0.1) is 0 Å². The minimum atomic E-state index is -0.0521. The van der Waals surface area contributed by atoms with E-state index < -0.39 is 0 Å². The molecule has 2 aromatic heterocycles. The van der Waals surface area contributed by atoms with Crippen molar-refractivity contribution in [2.75, 3.05) is 19.6 Å². The van der Waals surface area contributed by atoms with Crippen molar-refractivity contribution in [2.24, 2.45) is 7.05 Å². The van der Waals surface area contributed by atoms with E-state index in [1.807, 2.05) is 43.4 Å². The molecule has 1 atom stereocenters. The van der Waals surface area contributed by atoms with E-state index in [0.717, 1.165) is 41.9 Å². The fraction of sp³-hybridized carbons (Fsp3) is 0.381.